The van der Waals surface area contributed by atoms with Gasteiger partial charge in [-0.3, -0.25) is 18.6 Å². The van der Waals surface area contributed by atoms with Gasteiger partial charge in [0.05, 0.1) is 5.56 Å². The summed E-state index contributed by atoms with van der Waals surface area (Å²) in [5.41, 5.74) is 4.94. The van der Waals surface area contributed by atoms with Crippen molar-refractivity contribution in [3.8, 4) is 16.9 Å². The molecule has 26 heavy (non-hydrogen) atoms. The van der Waals surface area contributed by atoms with Gasteiger partial charge in [-0.15, -0.1) is 0 Å². The van der Waals surface area contributed by atoms with Gasteiger partial charge in [-0.25, -0.2) is 5.84 Å². The number of hydrazine groups is 1. The van der Waals surface area contributed by atoms with E-state index >= 15 is 0 Å². The Balaban J connectivity index is 0.000000597. The minimum absolute atomic E-state index is 0.00646. The highest BCUT2D eigenvalue weighted by Crippen LogP contribution is 2.35. The second-order valence-corrected chi connectivity index (χ2v) is 6.34. The molecular formula is C17H20N2O6S-2. The lowest BCUT2D eigenvalue weighted by Crippen LogP contribution is -2.30. The molecule has 1 unspecified atom stereocenters. The van der Waals surface area contributed by atoms with Crippen LogP contribution < -0.4 is 11.3 Å². The zero-order valence-corrected chi connectivity index (χ0v) is 15.1. The van der Waals surface area contributed by atoms with E-state index in [1.165, 1.54) is 0 Å². The first-order valence-electron chi connectivity index (χ1n) is 7.68. The topological polar surface area (TPSA) is 156 Å². The molecule has 0 aliphatic carbocycles. The largest absolute Gasteiger partial charge is 0.759 e. The number of rotatable bonds is 4. The fraction of sp³-hybridized carbons (Fsp3) is 0.235. The Bertz CT molecular complexity index is 845. The van der Waals surface area contributed by atoms with Gasteiger partial charge in [0, 0.05) is 10.4 Å². The average molecular weight is 380 g/mol. The molecule has 1 amide bonds. The second-order valence-electron chi connectivity index (χ2n) is 5.52. The van der Waals surface area contributed by atoms with Crippen LogP contribution in [0.5, 0.6) is 5.75 Å². The fourth-order valence-corrected chi connectivity index (χ4v) is 2.30. The van der Waals surface area contributed by atoms with Crippen molar-refractivity contribution < 1.29 is 27.4 Å². The molecule has 0 aromatic heterocycles. The molecule has 9 heteroatoms. The van der Waals surface area contributed by atoms with Gasteiger partial charge in [0.25, 0.3) is 5.91 Å². The third-order valence-electron chi connectivity index (χ3n) is 3.77. The lowest BCUT2D eigenvalue weighted by Gasteiger charge is -2.16. The minimum atomic E-state index is -5.17. The SMILES string of the molecule is CCC(C)c1cc(-c2ccccc2)cc(C(=O)NN)c1O.O=S(=O)([O-])[O-]. The fourth-order valence-electron chi connectivity index (χ4n) is 2.30. The van der Waals surface area contributed by atoms with E-state index in [1.807, 2.05) is 50.2 Å². The van der Waals surface area contributed by atoms with Crippen LogP contribution in [-0.4, -0.2) is 28.5 Å². The van der Waals surface area contributed by atoms with Crippen LogP contribution in [0, 0.1) is 0 Å². The first kappa shape index (κ1) is 21.6. The Hall–Kier alpha value is -2.46. The molecule has 0 radical (unpaired) electrons. The average Bonchev–Trinajstić information content (AvgIpc) is 2.60. The van der Waals surface area contributed by atoms with Crippen LogP contribution in [0.25, 0.3) is 11.1 Å². The molecule has 2 aromatic rings. The van der Waals surface area contributed by atoms with Gasteiger partial charge in [0.2, 0.25) is 0 Å². The molecule has 0 fully saturated rings. The van der Waals surface area contributed by atoms with E-state index in [4.69, 9.17) is 23.4 Å². The number of nitrogen functional groups attached to an aromatic ring is 1. The number of carbonyl (C=O) groups is 1. The highest BCUT2D eigenvalue weighted by Gasteiger charge is 2.19. The van der Waals surface area contributed by atoms with Crippen LogP contribution in [0.3, 0.4) is 0 Å². The summed E-state index contributed by atoms with van der Waals surface area (Å²) in [6, 6.07) is 13.4. The maximum Gasteiger partial charge on any atom is 0.268 e. The second kappa shape index (κ2) is 9.30. The number of aromatic hydroxyl groups is 1. The molecule has 142 valence electrons. The summed E-state index contributed by atoms with van der Waals surface area (Å²) in [5, 5.41) is 10.3. The number of phenolic OH excluding ortho intramolecular Hbond substituents is 1. The number of phenols is 1. The predicted octanol–water partition coefficient (Wildman–Crippen LogP) is 1.84. The molecule has 0 aliphatic rings. The van der Waals surface area contributed by atoms with Crippen molar-refractivity contribution >= 4 is 16.3 Å². The Kier molecular flexibility index (Phi) is 7.72. The normalized spacial score (nSPS) is 11.9. The van der Waals surface area contributed by atoms with Crippen LogP contribution in [0.1, 0.15) is 42.1 Å². The Morgan fingerprint density at radius 1 is 1.19 bits per heavy atom. The molecule has 0 saturated carbocycles. The van der Waals surface area contributed by atoms with E-state index in [0.29, 0.717) is 0 Å². The number of carbonyl (C=O) groups excluding carboxylic acids is 1. The smallest absolute Gasteiger partial charge is 0.268 e. The van der Waals surface area contributed by atoms with Gasteiger partial charge >= 0.3 is 0 Å². The van der Waals surface area contributed by atoms with Crippen molar-refractivity contribution in [2.24, 2.45) is 5.84 Å². The van der Waals surface area contributed by atoms with Gasteiger partial charge in [0.15, 0.2) is 0 Å². The van der Waals surface area contributed by atoms with Crippen LogP contribution >= 0.6 is 0 Å². The zero-order chi connectivity index (χ0) is 19.9. The van der Waals surface area contributed by atoms with E-state index in [2.05, 4.69) is 5.43 Å². The van der Waals surface area contributed by atoms with Gasteiger partial charge < -0.3 is 14.2 Å². The zero-order valence-electron chi connectivity index (χ0n) is 14.3. The van der Waals surface area contributed by atoms with Crippen molar-refractivity contribution in [1.29, 1.82) is 0 Å². The predicted molar refractivity (Wildman–Crippen MR) is 94.4 cm³/mol. The van der Waals surface area contributed by atoms with Gasteiger partial charge in [-0.05, 0) is 41.2 Å². The van der Waals surface area contributed by atoms with E-state index in [-0.39, 0.29) is 17.2 Å². The monoisotopic (exact) mass is 380 g/mol. The molecule has 0 aliphatic heterocycles. The lowest BCUT2D eigenvalue weighted by molar-refractivity contribution is 0.0950. The summed E-state index contributed by atoms with van der Waals surface area (Å²) in [6.07, 6.45) is 0.871. The molecule has 0 bridgehead atoms. The summed E-state index contributed by atoms with van der Waals surface area (Å²) < 4.78 is 34.1. The quantitative estimate of drug-likeness (QED) is 0.240. The molecule has 0 spiro atoms. The van der Waals surface area contributed by atoms with Gasteiger partial charge in [-0.2, -0.15) is 0 Å². The lowest BCUT2D eigenvalue weighted by atomic mass is 9.91. The van der Waals surface area contributed by atoms with Crippen LogP contribution in [0.2, 0.25) is 0 Å². The summed E-state index contributed by atoms with van der Waals surface area (Å²) in [7, 11) is -5.17. The Labute approximate surface area is 152 Å². The number of hydrogen-bond donors (Lipinski definition) is 3. The van der Waals surface area contributed by atoms with Crippen molar-refractivity contribution in [1.82, 2.24) is 5.43 Å². The summed E-state index contributed by atoms with van der Waals surface area (Å²) in [6.45, 7) is 4.07. The molecule has 0 saturated heterocycles. The van der Waals surface area contributed by atoms with E-state index in [9.17, 15) is 9.90 Å². The van der Waals surface area contributed by atoms with Crippen molar-refractivity contribution in [2.75, 3.05) is 0 Å². The maximum absolute atomic E-state index is 11.9. The van der Waals surface area contributed by atoms with E-state index in [0.717, 1.165) is 23.1 Å². The van der Waals surface area contributed by atoms with Crippen molar-refractivity contribution in [3.63, 3.8) is 0 Å². The summed E-state index contributed by atoms with van der Waals surface area (Å²) in [4.78, 5) is 11.9. The summed E-state index contributed by atoms with van der Waals surface area (Å²) >= 11 is 0. The first-order chi connectivity index (χ1) is 12.1. The number of amides is 1. The number of hydrogen-bond acceptors (Lipinski definition) is 7. The van der Waals surface area contributed by atoms with E-state index < -0.39 is 16.3 Å². The number of benzene rings is 2. The molecule has 2 rings (SSSR count). The number of nitrogens with one attached hydrogen (secondary N) is 1. The standard InChI is InChI=1S/C17H20N2O2.H2O4S/c1-3-11(2)14-9-13(12-7-5-4-6-8-12)10-15(16(14)20)17(21)19-18;1-5(2,3)4/h4-11,20H,3,18H2,1-2H3,(H,19,21);(H2,1,2,3,4)/p-2. The van der Waals surface area contributed by atoms with Gasteiger partial charge in [0.1, 0.15) is 5.75 Å². The van der Waals surface area contributed by atoms with Crippen LogP contribution in [0.15, 0.2) is 42.5 Å². The van der Waals surface area contributed by atoms with Crippen molar-refractivity contribution in [2.45, 2.75) is 26.2 Å². The third kappa shape index (κ3) is 6.45. The molecule has 4 N–H and O–H groups in total. The highest BCUT2D eigenvalue weighted by molar-refractivity contribution is 7.79. The number of nitrogens with two attached hydrogens (primary N) is 1. The van der Waals surface area contributed by atoms with Crippen molar-refractivity contribution in [3.05, 3.63) is 53.6 Å². The van der Waals surface area contributed by atoms with Crippen LogP contribution in [0.4, 0.5) is 0 Å². The highest BCUT2D eigenvalue weighted by atomic mass is 32.3. The molecule has 1 atom stereocenters. The Morgan fingerprint density at radius 3 is 2.19 bits per heavy atom. The first-order valence-corrected chi connectivity index (χ1v) is 9.01. The summed E-state index contributed by atoms with van der Waals surface area (Å²) in [5.74, 6) is 4.88. The molecule has 8 nitrogen and oxygen atoms in total. The molecular weight excluding hydrogens is 360 g/mol. The minimum Gasteiger partial charge on any atom is -0.759 e. The van der Waals surface area contributed by atoms with E-state index in [1.54, 1.807) is 6.07 Å². The molecule has 2 aromatic carbocycles. The Morgan fingerprint density at radius 2 is 1.73 bits per heavy atom. The third-order valence-corrected chi connectivity index (χ3v) is 3.77. The molecule has 0 heterocycles. The van der Waals surface area contributed by atoms with Crippen LogP contribution in [-0.2, 0) is 10.4 Å². The maximum atomic E-state index is 11.9. The van der Waals surface area contributed by atoms with Gasteiger partial charge in [-0.1, -0.05) is 44.2 Å².